The van der Waals surface area contributed by atoms with Crippen LogP contribution in [0.1, 0.15) is 12.8 Å². The molecule has 1 aliphatic heterocycles. The zero-order chi connectivity index (χ0) is 14.0. The normalized spacial score (nSPS) is 17.8. The second-order valence-electron chi connectivity index (χ2n) is 4.54. The first kappa shape index (κ1) is 17.8. The molecular weight excluding hydrogens is 371 g/mol. The van der Waals surface area contributed by atoms with Crippen LogP contribution in [0.3, 0.4) is 0 Å². The van der Waals surface area contributed by atoms with E-state index in [1.807, 2.05) is 7.05 Å². The molecule has 1 saturated heterocycles. The summed E-state index contributed by atoms with van der Waals surface area (Å²) >= 11 is 3.12. The van der Waals surface area contributed by atoms with E-state index in [4.69, 9.17) is 0 Å². The van der Waals surface area contributed by atoms with Gasteiger partial charge in [-0.15, -0.1) is 12.4 Å². The van der Waals surface area contributed by atoms with Gasteiger partial charge in [-0.2, -0.15) is 4.31 Å². The molecule has 1 aromatic carbocycles. The third kappa shape index (κ3) is 3.71. The molecule has 1 N–H and O–H groups in total. The molecule has 2 rings (SSSR count). The molecule has 114 valence electrons. The van der Waals surface area contributed by atoms with Crippen molar-refractivity contribution >= 4 is 38.4 Å². The van der Waals surface area contributed by atoms with Crippen molar-refractivity contribution in [1.29, 1.82) is 0 Å². The van der Waals surface area contributed by atoms with Gasteiger partial charge in [0.25, 0.3) is 0 Å². The number of rotatable bonds is 3. The third-order valence-corrected chi connectivity index (χ3v) is 6.25. The molecule has 0 unspecified atom stereocenters. The Morgan fingerprint density at radius 2 is 1.95 bits per heavy atom. The first-order chi connectivity index (χ1) is 8.95. The van der Waals surface area contributed by atoms with Gasteiger partial charge >= 0.3 is 0 Å². The fourth-order valence-corrected chi connectivity index (χ4v) is 4.69. The molecule has 0 amide bonds. The van der Waals surface area contributed by atoms with Gasteiger partial charge in [0.15, 0.2) is 0 Å². The summed E-state index contributed by atoms with van der Waals surface area (Å²) in [5.41, 5.74) is 0. The van der Waals surface area contributed by atoms with Crippen molar-refractivity contribution in [3.8, 4) is 0 Å². The molecule has 0 atom stereocenters. The van der Waals surface area contributed by atoms with E-state index in [0.717, 1.165) is 18.9 Å². The van der Waals surface area contributed by atoms with E-state index >= 15 is 0 Å². The Labute approximate surface area is 133 Å². The number of benzene rings is 1. The molecule has 0 spiro atoms. The van der Waals surface area contributed by atoms with Crippen LogP contribution in [0.15, 0.2) is 27.6 Å². The van der Waals surface area contributed by atoms with E-state index in [2.05, 4.69) is 21.2 Å². The third-order valence-electron chi connectivity index (χ3n) is 3.37. The van der Waals surface area contributed by atoms with Crippen LogP contribution in [0.2, 0.25) is 0 Å². The van der Waals surface area contributed by atoms with Gasteiger partial charge in [-0.1, -0.05) is 0 Å². The largest absolute Gasteiger partial charge is 0.317 e. The Kier molecular flexibility index (Phi) is 6.40. The van der Waals surface area contributed by atoms with Crippen LogP contribution in [0.4, 0.5) is 4.39 Å². The van der Waals surface area contributed by atoms with Crippen LogP contribution >= 0.6 is 28.3 Å². The van der Waals surface area contributed by atoms with Gasteiger partial charge in [-0.3, -0.25) is 0 Å². The fraction of sp³-hybridized carbons (Fsp3) is 0.500. The molecule has 0 aliphatic carbocycles. The monoisotopic (exact) mass is 386 g/mol. The number of halogens is 3. The lowest BCUT2D eigenvalue weighted by atomic mass is 10.1. The summed E-state index contributed by atoms with van der Waals surface area (Å²) in [7, 11) is -1.67. The van der Waals surface area contributed by atoms with Crippen molar-refractivity contribution in [3.63, 3.8) is 0 Å². The smallest absolute Gasteiger partial charge is 0.244 e. The summed E-state index contributed by atoms with van der Waals surface area (Å²) in [5.74, 6) is -0.459. The molecule has 0 radical (unpaired) electrons. The van der Waals surface area contributed by atoms with Crippen molar-refractivity contribution in [2.24, 2.45) is 0 Å². The number of sulfonamides is 1. The van der Waals surface area contributed by atoms with Gasteiger partial charge in [0, 0.05) is 23.6 Å². The lowest BCUT2D eigenvalue weighted by Gasteiger charge is -2.31. The van der Waals surface area contributed by atoms with Crippen molar-refractivity contribution in [2.75, 3.05) is 20.1 Å². The van der Waals surface area contributed by atoms with Gasteiger partial charge in [0.05, 0.1) is 4.90 Å². The Morgan fingerprint density at radius 1 is 1.35 bits per heavy atom. The fourth-order valence-electron chi connectivity index (χ4n) is 2.21. The van der Waals surface area contributed by atoms with Crippen LogP contribution in [0, 0.1) is 5.82 Å². The minimum Gasteiger partial charge on any atom is -0.317 e. The molecule has 1 heterocycles. The molecular formula is C12H17BrClFN2O2S. The minimum absolute atomic E-state index is 0. The van der Waals surface area contributed by atoms with Gasteiger partial charge in [-0.05, 0) is 54.0 Å². The molecule has 0 saturated carbocycles. The lowest BCUT2D eigenvalue weighted by molar-refractivity contribution is 0.298. The molecule has 0 bridgehead atoms. The van der Waals surface area contributed by atoms with Gasteiger partial charge in [0.1, 0.15) is 5.82 Å². The Hall–Kier alpha value is -0.210. The topological polar surface area (TPSA) is 49.4 Å². The maximum absolute atomic E-state index is 13.0. The Bertz CT molecular complexity index is 563. The lowest BCUT2D eigenvalue weighted by Crippen LogP contribution is -2.43. The van der Waals surface area contributed by atoms with E-state index < -0.39 is 15.8 Å². The first-order valence-electron chi connectivity index (χ1n) is 6.07. The highest BCUT2D eigenvalue weighted by atomic mass is 79.9. The Morgan fingerprint density at radius 3 is 2.45 bits per heavy atom. The maximum atomic E-state index is 13.0. The summed E-state index contributed by atoms with van der Waals surface area (Å²) in [6.45, 7) is 0.968. The molecule has 8 heteroatoms. The zero-order valence-corrected chi connectivity index (χ0v) is 14.2. The van der Waals surface area contributed by atoms with Crippen molar-refractivity contribution < 1.29 is 12.8 Å². The van der Waals surface area contributed by atoms with Gasteiger partial charge in [-0.25, -0.2) is 12.8 Å². The highest BCUT2D eigenvalue weighted by Crippen LogP contribution is 2.27. The van der Waals surface area contributed by atoms with Crippen LogP contribution in [-0.2, 0) is 10.0 Å². The molecule has 0 aromatic heterocycles. The first-order valence-corrected chi connectivity index (χ1v) is 8.31. The van der Waals surface area contributed by atoms with Crippen LogP contribution < -0.4 is 5.32 Å². The van der Waals surface area contributed by atoms with Crippen molar-refractivity contribution in [1.82, 2.24) is 9.62 Å². The average Bonchev–Trinajstić information content (AvgIpc) is 2.38. The summed E-state index contributed by atoms with van der Waals surface area (Å²) in [4.78, 5) is 0.122. The standard InChI is InChI=1S/C12H16BrFN2O2S.ClH/c1-15-10-4-6-16(7-5-10)19(17,18)12-3-2-9(14)8-11(12)13;/h2-3,8,10,15H,4-7H2,1H3;1H. The predicted molar refractivity (Wildman–Crippen MR) is 82.2 cm³/mol. The SMILES string of the molecule is CNC1CCN(S(=O)(=O)c2ccc(F)cc2Br)CC1.Cl. The maximum Gasteiger partial charge on any atom is 0.244 e. The number of hydrogen-bond acceptors (Lipinski definition) is 3. The molecule has 4 nitrogen and oxygen atoms in total. The molecule has 1 fully saturated rings. The van der Waals surface area contributed by atoms with Gasteiger partial charge < -0.3 is 5.32 Å². The number of nitrogens with zero attached hydrogens (tertiary/aromatic N) is 1. The number of hydrogen-bond donors (Lipinski definition) is 1. The van der Waals surface area contributed by atoms with E-state index in [-0.39, 0.29) is 21.8 Å². The number of piperidine rings is 1. The van der Waals surface area contributed by atoms with E-state index in [0.29, 0.717) is 19.1 Å². The van der Waals surface area contributed by atoms with Crippen LogP contribution in [0.5, 0.6) is 0 Å². The second-order valence-corrected chi connectivity index (χ2v) is 7.30. The highest BCUT2D eigenvalue weighted by molar-refractivity contribution is 9.10. The van der Waals surface area contributed by atoms with E-state index in [9.17, 15) is 12.8 Å². The number of nitrogens with one attached hydrogen (secondary N) is 1. The van der Waals surface area contributed by atoms with Crippen molar-refractivity contribution in [3.05, 3.63) is 28.5 Å². The minimum atomic E-state index is -3.55. The van der Waals surface area contributed by atoms with Crippen LogP contribution in [-0.4, -0.2) is 38.9 Å². The Balaban J connectivity index is 0.00000200. The zero-order valence-electron chi connectivity index (χ0n) is 11.0. The van der Waals surface area contributed by atoms with E-state index in [1.165, 1.54) is 16.4 Å². The van der Waals surface area contributed by atoms with Crippen molar-refractivity contribution in [2.45, 2.75) is 23.8 Å². The van der Waals surface area contributed by atoms with E-state index in [1.54, 1.807) is 0 Å². The molecule has 20 heavy (non-hydrogen) atoms. The van der Waals surface area contributed by atoms with Crippen LogP contribution in [0.25, 0.3) is 0 Å². The summed E-state index contributed by atoms with van der Waals surface area (Å²) < 4.78 is 39.7. The van der Waals surface area contributed by atoms with Gasteiger partial charge in [0.2, 0.25) is 10.0 Å². The summed E-state index contributed by atoms with van der Waals surface area (Å²) in [6.07, 6.45) is 1.57. The molecule has 1 aliphatic rings. The second kappa shape index (κ2) is 7.17. The highest BCUT2D eigenvalue weighted by Gasteiger charge is 2.30. The average molecular weight is 388 g/mol. The molecule has 1 aromatic rings. The predicted octanol–water partition coefficient (Wildman–Crippen LogP) is 2.38. The summed E-state index contributed by atoms with van der Waals surface area (Å²) in [5, 5.41) is 3.15. The summed E-state index contributed by atoms with van der Waals surface area (Å²) in [6, 6.07) is 4.01. The quantitative estimate of drug-likeness (QED) is 0.866.